The molecule has 0 unspecified atom stereocenters. The fourth-order valence-electron chi connectivity index (χ4n) is 1.59. The largest absolute Gasteiger partial charge is 0.383 e. The van der Waals surface area contributed by atoms with Crippen LogP contribution >= 0.6 is 0 Å². The lowest BCUT2D eigenvalue weighted by Gasteiger charge is -2.23. The van der Waals surface area contributed by atoms with Gasteiger partial charge in [-0.05, 0) is 6.92 Å². The molecule has 1 amide bonds. The van der Waals surface area contributed by atoms with Crippen molar-refractivity contribution in [1.82, 2.24) is 14.9 Å². The molecule has 0 radical (unpaired) electrons. The minimum Gasteiger partial charge on any atom is -0.383 e. The van der Waals surface area contributed by atoms with Gasteiger partial charge in [-0.15, -0.1) is 0 Å². The highest BCUT2D eigenvalue weighted by molar-refractivity contribution is 5.81. The number of amides is 1. The number of hydrogen-bond donors (Lipinski definition) is 1. The van der Waals surface area contributed by atoms with Crippen LogP contribution in [-0.2, 0) is 4.79 Å². The Bertz CT molecular complexity index is 470. The van der Waals surface area contributed by atoms with Crippen molar-refractivity contribution in [1.29, 1.82) is 0 Å². The first-order valence-electron chi connectivity index (χ1n) is 6.29. The number of nitrogens with two attached hydrogens (primary N) is 1. The Balaban J connectivity index is 3.08. The molecule has 1 rings (SSSR count). The van der Waals surface area contributed by atoms with Crippen LogP contribution in [0.15, 0.2) is 0 Å². The van der Waals surface area contributed by atoms with E-state index >= 15 is 0 Å². The second-order valence-corrected chi connectivity index (χ2v) is 5.21. The highest BCUT2D eigenvalue weighted by Crippen LogP contribution is 2.23. The van der Waals surface area contributed by atoms with E-state index in [0.29, 0.717) is 17.5 Å². The molecule has 2 N–H and O–H groups in total. The van der Waals surface area contributed by atoms with Gasteiger partial charge in [0.1, 0.15) is 17.5 Å². The average Bonchev–Trinajstić information content (AvgIpc) is 2.31. The fourth-order valence-corrected chi connectivity index (χ4v) is 1.59. The summed E-state index contributed by atoms with van der Waals surface area (Å²) in [6.45, 7) is 6.16. The lowest BCUT2D eigenvalue weighted by molar-refractivity contribution is -0.127. The van der Waals surface area contributed by atoms with E-state index in [1.165, 1.54) is 0 Å². The molecule has 0 spiro atoms. The molecule has 106 valence electrons. The summed E-state index contributed by atoms with van der Waals surface area (Å²) in [5, 5.41) is 0. The Labute approximate surface area is 114 Å². The summed E-state index contributed by atoms with van der Waals surface area (Å²) in [5.74, 6) is 2.09. The van der Waals surface area contributed by atoms with E-state index in [1.54, 1.807) is 19.0 Å². The van der Waals surface area contributed by atoms with Crippen LogP contribution in [0.4, 0.5) is 11.6 Å². The standard InChI is InChI=1S/C13H23N5O/c1-8(2)12-15-11(14)9(3)13(16-12)18(6)7-10(19)17(4)5/h8H,7H2,1-6H3,(H2,14,15,16). The zero-order valence-electron chi connectivity index (χ0n) is 12.6. The van der Waals surface area contributed by atoms with E-state index in [9.17, 15) is 4.79 Å². The molecule has 0 bridgehead atoms. The third-order valence-electron chi connectivity index (χ3n) is 2.92. The van der Waals surface area contributed by atoms with Crippen molar-refractivity contribution in [3.63, 3.8) is 0 Å². The Hall–Kier alpha value is -1.85. The van der Waals surface area contributed by atoms with Crippen LogP contribution in [0.25, 0.3) is 0 Å². The van der Waals surface area contributed by atoms with Gasteiger partial charge in [0.2, 0.25) is 5.91 Å². The molecule has 0 aliphatic heterocycles. The van der Waals surface area contributed by atoms with E-state index in [2.05, 4.69) is 9.97 Å². The Morgan fingerprint density at radius 1 is 1.26 bits per heavy atom. The molecule has 0 saturated heterocycles. The highest BCUT2D eigenvalue weighted by atomic mass is 16.2. The van der Waals surface area contributed by atoms with Crippen LogP contribution in [0, 0.1) is 6.92 Å². The van der Waals surface area contributed by atoms with Gasteiger partial charge >= 0.3 is 0 Å². The van der Waals surface area contributed by atoms with Crippen molar-refractivity contribution in [2.24, 2.45) is 0 Å². The summed E-state index contributed by atoms with van der Waals surface area (Å²) >= 11 is 0. The quantitative estimate of drug-likeness (QED) is 0.879. The van der Waals surface area contributed by atoms with Gasteiger partial charge in [-0.1, -0.05) is 13.8 Å². The molecule has 0 fully saturated rings. The predicted molar refractivity (Wildman–Crippen MR) is 77.2 cm³/mol. The number of carbonyl (C=O) groups is 1. The number of aromatic nitrogens is 2. The normalized spacial score (nSPS) is 10.7. The van der Waals surface area contributed by atoms with Gasteiger partial charge in [-0.2, -0.15) is 0 Å². The number of rotatable bonds is 4. The first kappa shape index (κ1) is 15.2. The van der Waals surface area contributed by atoms with Crippen LogP contribution in [0.3, 0.4) is 0 Å². The first-order valence-corrected chi connectivity index (χ1v) is 6.29. The van der Waals surface area contributed by atoms with Crippen LogP contribution in [0.2, 0.25) is 0 Å². The zero-order chi connectivity index (χ0) is 14.7. The number of nitrogens with zero attached hydrogens (tertiary/aromatic N) is 4. The summed E-state index contributed by atoms with van der Waals surface area (Å²) in [7, 11) is 5.30. The predicted octanol–water partition coefficient (Wildman–Crippen LogP) is 1.02. The SMILES string of the molecule is Cc1c(N)nc(C(C)C)nc1N(C)CC(=O)N(C)C. The van der Waals surface area contributed by atoms with Gasteiger partial charge in [-0.3, -0.25) is 4.79 Å². The zero-order valence-corrected chi connectivity index (χ0v) is 12.6. The molecule has 0 atom stereocenters. The molecule has 0 aromatic carbocycles. The maximum Gasteiger partial charge on any atom is 0.241 e. The van der Waals surface area contributed by atoms with E-state index in [4.69, 9.17) is 5.73 Å². The van der Waals surface area contributed by atoms with E-state index in [0.717, 1.165) is 5.56 Å². The Kier molecular flexibility index (Phi) is 4.69. The number of nitrogen functional groups attached to an aromatic ring is 1. The van der Waals surface area contributed by atoms with Crippen LogP contribution in [-0.4, -0.2) is 48.5 Å². The number of likely N-dealkylation sites (N-methyl/N-ethyl adjacent to an activating group) is 2. The van der Waals surface area contributed by atoms with Crippen LogP contribution in [0.1, 0.15) is 31.2 Å². The third-order valence-corrected chi connectivity index (χ3v) is 2.92. The Morgan fingerprint density at radius 2 is 1.84 bits per heavy atom. The minimum atomic E-state index is 0.0187. The monoisotopic (exact) mass is 265 g/mol. The molecule has 19 heavy (non-hydrogen) atoms. The maximum absolute atomic E-state index is 11.8. The molecule has 1 aromatic rings. The molecule has 1 heterocycles. The molecular formula is C13H23N5O. The molecular weight excluding hydrogens is 242 g/mol. The van der Waals surface area contributed by atoms with Gasteiger partial charge in [-0.25, -0.2) is 9.97 Å². The van der Waals surface area contributed by atoms with E-state index in [-0.39, 0.29) is 18.4 Å². The van der Waals surface area contributed by atoms with Gasteiger partial charge in [0.25, 0.3) is 0 Å². The van der Waals surface area contributed by atoms with E-state index < -0.39 is 0 Å². The lowest BCUT2D eigenvalue weighted by atomic mass is 10.2. The smallest absolute Gasteiger partial charge is 0.241 e. The van der Waals surface area contributed by atoms with Gasteiger partial charge < -0.3 is 15.5 Å². The fraction of sp³-hybridized carbons (Fsp3) is 0.615. The Morgan fingerprint density at radius 3 is 2.32 bits per heavy atom. The summed E-state index contributed by atoms with van der Waals surface area (Å²) in [4.78, 5) is 23.9. The summed E-state index contributed by atoms with van der Waals surface area (Å²) < 4.78 is 0. The molecule has 1 aromatic heterocycles. The van der Waals surface area contributed by atoms with Gasteiger partial charge in [0.15, 0.2) is 0 Å². The molecule has 6 heteroatoms. The molecule has 0 aliphatic carbocycles. The van der Waals surface area contributed by atoms with Crippen molar-refractivity contribution >= 4 is 17.5 Å². The topological polar surface area (TPSA) is 75.3 Å². The summed E-state index contributed by atoms with van der Waals surface area (Å²) in [6.07, 6.45) is 0. The first-order chi connectivity index (χ1) is 8.73. The van der Waals surface area contributed by atoms with Gasteiger partial charge in [0.05, 0.1) is 6.54 Å². The lowest BCUT2D eigenvalue weighted by Crippen LogP contribution is -2.35. The van der Waals surface area contributed by atoms with Crippen LogP contribution < -0.4 is 10.6 Å². The number of carbonyl (C=O) groups excluding carboxylic acids is 1. The second-order valence-electron chi connectivity index (χ2n) is 5.21. The van der Waals surface area contributed by atoms with Crippen molar-refractivity contribution < 1.29 is 4.79 Å². The van der Waals surface area contributed by atoms with Crippen molar-refractivity contribution in [3.8, 4) is 0 Å². The molecule has 6 nitrogen and oxygen atoms in total. The minimum absolute atomic E-state index is 0.0187. The van der Waals surface area contributed by atoms with Crippen molar-refractivity contribution in [3.05, 3.63) is 11.4 Å². The maximum atomic E-state index is 11.8. The van der Waals surface area contributed by atoms with Crippen molar-refractivity contribution in [2.75, 3.05) is 38.3 Å². The number of anilines is 2. The molecule has 0 saturated carbocycles. The second kappa shape index (κ2) is 5.86. The van der Waals surface area contributed by atoms with Crippen LogP contribution in [0.5, 0.6) is 0 Å². The molecule has 0 aliphatic rings. The van der Waals surface area contributed by atoms with Crippen molar-refractivity contribution in [2.45, 2.75) is 26.7 Å². The number of hydrogen-bond acceptors (Lipinski definition) is 5. The highest BCUT2D eigenvalue weighted by Gasteiger charge is 2.17. The summed E-state index contributed by atoms with van der Waals surface area (Å²) in [6, 6.07) is 0. The van der Waals surface area contributed by atoms with Gasteiger partial charge in [0, 0.05) is 32.6 Å². The summed E-state index contributed by atoms with van der Waals surface area (Å²) in [5.41, 5.74) is 6.72. The average molecular weight is 265 g/mol. The third kappa shape index (κ3) is 3.56. The van der Waals surface area contributed by atoms with E-state index in [1.807, 2.05) is 32.7 Å².